The quantitative estimate of drug-likeness (QED) is 0.619. The maximum Gasteiger partial charge on any atom is 0.324 e. The van der Waals surface area contributed by atoms with Gasteiger partial charge in [-0.1, -0.05) is 48.0 Å². The first kappa shape index (κ1) is 20.6. The van der Waals surface area contributed by atoms with Gasteiger partial charge in [-0.25, -0.2) is 9.18 Å². The molecule has 0 radical (unpaired) electrons. The average Bonchev–Trinajstić information content (AvgIpc) is 2.78. The van der Waals surface area contributed by atoms with E-state index in [0.717, 1.165) is 12.0 Å². The summed E-state index contributed by atoms with van der Waals surface area (Å²) < 4.78 is 13.9. The predicted octanol–water partition coefficient (Wildman–Crippen LogP) is 5.22. The van der Waals surface area contributed by atoms with Crippen LogP contribution in [-0.2, 0) is 6.54 Å². The van der Waals surface area contributed by atoms with Crippen LogP contribution in [0.4, 0.5) is 20.6 Å². The van der Waals surface area contributed by atoms with Crippen molar-refractivity contribution in [2.24, 2.45) is 0 Å². The summed E-state index contributed by atoms with van der Waals surface area (Å²) in [5.74, 6) is -0.919. The van der Waals surface area contributed by atoms with Crippen molar-refractivity contribution < 1.29 is 14.0 Å². The Bertz CT molecular complexity index is 1100. The number of rotatable bonds is 5. The van der Waals surface area contributed by atoms with E-state index in [1.165, 1.54) is 17.7 Å². The molecule has 158 valence electrons. The van der Waals surface area contributed by atoms with Crippen LogP contribution in [-0.4, -0.2) is 29.9 Å². The fourth-order valence-electron chi connectivity index (χ4n) is 3.65. The molecule has 0 spiro atoms. The van der Waals surface area contributed by atoms with Crippen molar-refractivity contribution in [3.8, 4) is 0 Å². The smallest absolute Gasteiger partial charge is 0.320 e. The van der Waals surface area contributed by atoms with Crippen LogP contribution in [0.5, 0.6) is 0 Å². The number of nitrogens with zero attached hydrogens (tertiary/aromatic N) is 2. The zero-order chi connectivity index (χ0) is 21.8. The van der Waals surface area contributed by atoms with Gasteiger partial charge in [-0.15, -0.1) is 0 Å². The molecule has 1 fully saturated rings. The Kier molecular flexibility index (Phi) is 5.98. The van der Waals surface area contributed by atoms with Crippen LogP contribution in [0.15, 0.2) is 72.8 Å². The van der Waals surface area contributed by atoms with Gasteiger partial charge in [0.1, 0.15) is 5.82 Å². The molecule has 1 aliphatic rings. The van der Waals surface area contributed by atoms with E-state index in [-0.39, 0.29) is 11.7 Å². The molecule has 1 heterocycles. The van der Waals surface area contributed by atoms with Crippen molar-refractivity contribution in [1.82, 2.24) is 4.90 Å². The van der Waals surface area contributed by atoms with Gasteiger partial charge in [0.2, 0.25) is 0 Å². The lowest BCUT2D eigenvalue weighted by atomic mass is 10.1. The zero-order valence-corrected chi connectivity index (χ0v) is 17.3. The molecule has 1 aliphatic heterocycles. The van der Waals surface area contributed by atoms with Crippen LogP contribution >= 0.6 is 0 Å². The van der Waals surface area contributed by atoms with Gasteiger partial charge in [0.25, 0.3) is 5.91 Å². The zero-order valence-electron chi connectivity index (χ0n) is 17.3. The van der Waals surface area contributed by atoms with E-state index in [0.29, 0.717) is 30.9 Å². The molecular formula is C25H24FN3O2. The Morgan fingerprint density at radius 1 is 1.00 bits per heavy atom. The first-order valence-corrected chi connectivity index (χ1v) is 10.3. The Morgan fingerprint density at radius 3 is 2.55 bits per heavy atom. The van der Waals surface area contributed by atoms with Gasteiger partial charge >= 0.3 is 6.03 Å². The fraction of sp³-hybridized carbons (Fsp3) is 0.200. The van der Waals surface area contributed by atoms with Gasteiger partial charge in [0, 0.05) is 30.9 Å². The average molecular weight is 417 g/mol. The van der Waals surface area contributed by atoms with E-state index in [9.17, 15) is 14.0 Å². The number of para-hydroxylation sites is 1. The van der Waals surface area contributed by atoms with Crippen molar-refractivity contribution in [2.45, 2.75) is 19.9 Å². The van der Waals surface area contributed by atoms with Crippen molar-refractivity contribution in [1.29, 1.82) is 0 Å². The molecule has 1 N–H and O–H groups in total. The first-order chi connectivity index (χ1) is 15.0. The molecular weight excluding hydrogens is 393 g/mol. The minimum Gasteiger partial charge on any atom is -0.320 e. The highest BCUT2D eigenvalue weighted by Crippen LogP contribution is 2.23. The molecule has 3 aromatic rings. The van der Waals surface area contributed by atoms with Crippen molar-refractivity contribution in [3.63, 3.8) is 0 Å². The summed E-state index contributed by atoms with van der Waals surface area (Å²) >= 11 is 0. The van der Waals surface area contributed by atoms with Gasteiger partial charge in [0.05, 0.1) is 5.69 Å². The van der Waals surface area contributed by atoms with E-state index in [4.69, 9.17) is 0 Å². The summed E-state index contributed by atoms with van der Waals surface area (Å²) in [7, 11) is 0. The minimum atomic E-state index is -0.495. The van der Waals surface area contributed by atoms with Crippen molar-refractivity contribution in [2.75, 3.05) is 23.3 Å². The summed E-state index contributed by atoms with van der Waals surface area (Å²) in [6.45, 7) is 3.86. The number of urea groups is 1. The summed E-state index contributed by atoms with van der Waals surface area (Å²) in [5.41, 5.74) is 3.40. The van der Waals surface area contributed by atoms with Crippen molar-refractivity contribution >= 4 is 23.3 Å². The molecule has 0 aromatic heterocycles. The molecule has 6 heteroatoms. The molecule has 0 unspecified atom stereocenters. The lowest BCUT2D eigenvalue weighted by Gasteiger charge is -2.36. The number of benzene rings is 3. The highest BCUT2D eigenvalue weighted by molar-refractivity contribution is 6.05. The van der Waals surface area contributed by atoms with Gasteiger partial charge in [0.15, 0.2) is 0 Å². The Morgan fingerprint density at radius 2 is 1.77 bits per heavy atom. The van der Waals surface area contributed by atoms with Gasteiger partial charge in [-0.05, 0) is 49.2 Å². The second-order valence-electron chi connectivity index (χ2n) is 7.68. The fourth-order valence-corrected chi connectivity index (χ4v) is 3.65. The standard InChI is InChI=1S/C25H24FN3O2/c1-18-10-12-19(13-11-18)17-28-14-5-15-29(25(28)31)21-7-4-6-20(16-21)24(30)27-23-9-3-2-8-22(23)26/h2-4,6-13,16H,5,14-15,17H2,1H3,(H,27,30). The topological polar surface area (TPSA) is 52.6 Å². The molecule has 5 nitrogen and oxygen atoms in total. The lowest BCUT2D eigenvalue weighted by Crippen LogP contribution is -2.49. The van der Waals surface area contributed by atoms with Gasteiger partial charge in [-0.2, -0.15) is 0 Å². The van der Waals surface area contributed by atoms with Gasteiger partial charge < -0.3 is 10.2 Å². The molecule has 31 heavy (non-hydrogen) atoms. The normalized spacial score (nSPS) is 13.9. The number of hydrogen-bond donors (Lipinski definition) is 1. The summed E-state index contributed by atoms with van der Waals surface area (Å²) in [6.07, 6.45) is 0.837. The highest BCUT2D eigenvalue weighted by Gasteiger charge is 2.27. The molecule has 4 rings (SSSR count). The number of amides is 3. The van der Waals surface area contributed by atoms with Crippen LogP contribution < -0.4 is 10.2 Å². The third-order valence-corrected chi connectivity index (χ3v) is 5.35. The summed E-state index contributed by atoms with van der Waals surface area (Å²) in [5, 5.41) is 2.59. The molecule has 1 saturated heterocycles. The molecule has 0 atom stereocenters. The lowest BCUT2D eigenvalue weighted by molar-refractivity contribution is 0.102. The van der Waals surface area contributed by atoms with E-state index in [1.807, 2.05) is 42.2 Å². The maximum absolute atomic E-state index is 13.9. The van der Waals surface area contributed by atoms with E-state index in [1.54, 1.807) is 35.2 Å². The van der Waals surface area contributed by atoms with Crippen LogP contribution in [0.1, 0.15) is 27.9 Å². The number of anilines is 2. The van der Waals surface area contributed by atoms with E-state index < -0.39 is 11.7 Å². The SMILES string of the molecule is Cc1ccc(CN2CCCN(c3cccc(C(=O)Nc4ccccc4F)c3)C2=O)cc1. The largest absolute Gasteiger partial charge is 0.324 e. The van der Waals surface area contributed by atoms with Crippen LogP contribution in [0, 0.1) is 12.7 Å². The minimum absolute atomic E-state index is 0.0847. The molecule has 3 aromatic carbocycles. The van der Waals surface area contributed by atoms with Crippen LogP contribution in [0.2, 0.25) is 0 Å². The Hall–Kier alpha value is -3.67. The first-order valence-electron chi connectivity index (χ1n) is 10.3. The Labute approximate surface area is 181 Å². The number of hydrogen-bond acceptors (Lipinski definition) is 2. The van der Waals surface area contributed by atoms with Crippen LogP contribution in [0.3, 0.4) is 0 Å². The number of halogens is 1. The monoisotopic (exact) mass is 417 g/mol. The molecule has 0 aliphatic carbocycles. The predicted molar refractivity (Wildman–Crippen MR) is 120 cm³/mol. The second kappa shape index (κ2) is 9.00. The highest BCUT2D eigenvalue weighted by atomic mass is 19.1. The molecule has 0 bridgehead atoms. The summed E-state index contributed by atoms with van der Waals surface area (Å²) in [4.78, 5) is 29.3. The van der Waals surface area contributed by atoms with Gasteiger partial charge in [-0.3, -0.25) is 9.69 Å². The summed E-state index contributed by atoms with van der Waals surface area (Å²) in [6, 6.07) is 21.0. The van der Waals surface area contributed by atoms with E-state index in [2.05, 4.69) is 5.32 Å². The third kappa shape index (κ3) is 4.74. The Balaban J connectivity index is 1.49. The molecule has 0 saturated carbocycles. The number of carbonyl (C=O) groups excluding carboxylic acids is 2. The molecule has 3 amide bonds. The number of carbonyl (C=O) groups is 2. The number of nitrogens with one attached hydrogen (secondary N) is 1. The van der Waals surface area contributed by atoms with E-state index >= 15 is 0 Å². The maximum atomic E-state index is 13.9. The van der Waals surface area contributed by atoms with Crippen LogP contribution in [0.25, 0.3) is 0 Å². The number of aryl methyl sites for hydroxylation is 1. The van der Waals surface area contributed by atoms with Crippen molar-refractivity contribution in [3.05, 3.63) is 95.3 Å². The second-order valence-corrected chi connectivity index (χ2v) is 7.68. The third-order valence-electron chi connectivity index (χ3n) is 5.35.